The zero-order chi connectivity index (χ0) is 8.15. The van der Waals surface area contributed by atoms with Gasteiger partial charge in [-0.1, -0.05) is 20.4 Å². The molecule has 0 bridgehead atoms. The highest BCUT2D eigenvalue weighted by Gasteiger charge is 2.07. The highest BCUT2D eigenvalue weighted by Crippen LogP contribution is 2.08. The monoisotopic (exact) mass is 142 g/mol. The molecule has 0 rings (SSSR count). The smallest absolute Gasteiger partial charge is 0.333 e. The molecule has 0 heterocycles. The number of carbonyl (C=O) groups is 1. The molecule has 0 saturated carbocycles. The van der Waals surface area contributed by atoms with Gasteiger partial charge in [0.1, 0.15) is 0 Å². The summed E-state index contributed by atoms with van der Waals surface area (Å²) in [5.74, 6) is 0.167. The Hall–Kier alpha value is -0.790. The molecule has 0 unspecified atom stereocenters. The van der Waals surface area contributed by atoms with Gasteiger partial charge in [-0.3, -0.25) is 0 Å². The van der Waals surface area contributed by atoms with E-state index in [9.17, 15) is 4.79 Å². The quantitative estimate of drug-likeness (QED) is 0.443. The molecule has 2 nitrogen and oxygen atoms in total. The molecule has 0 amide bonds. The van der Waals surface area contributed by atoms with Crippen molar-refractivity contribution in [2.45, 2.75) is 20.3 Å². The van der Waals surface area contributed by atoms with Gasteiger partial charge in [0.15, 0.2) is 0 Å². The maximum atomic E-state index is 10.7. The minimum Gasteiger partial charge on any atom is -0.466 e. The van der Waals surface area contributed by atoms with Crippen molar-refractivity contribution >= 4 is 5.97 Å². The Labute approximate surface area is 61.9 Å². The number of rotatable bonds is 3. The number of ether oxygens (including phenoxy) is 1. The lowest BCUT2D eigenvalue weighted by atomic mass is 10.1. The predicted octanol–water partition coefficient (Wildman–Crippen LogP) is 1.76. The number of hydrogen-bond donors (Lipinski definition) is 0. The number of methoxy groups -OCH3 is 1. The zero-order valence-electron chi connectivity index (χ0n) is 6.81. The SMILES string of the molecule is C=C(CC(C)C)C(=O)OC. The van der Waals surface area contributed by atoms with E-state index >= 15 is 0 Å². The summed E-state index contributed by atoms with van der Waals surface area (Å²) >= 11 is 0. The largest absolute Gasteiger partial charge is 0.466 e. The molecule has 0 aliphatic carbocycles. The summed E-state index contributed by atoms with van der Waals surface area (Å²) in [6.07, 6.45) is 0.715. The molecule has 0 aromatic carbocycles. The summed E-state index contributed by atoms with van der Waals surface area (Å²) in [6, 6.07) is 0. The van der Waals surface area contributed by atoms with E-state index in [1.807, 2.05) is 13.8 Å². The van der Waals surface area contributed by atoms with Gasteiger partial charge < -0.3 is 4.74 Å². The van der Waals surface area contributed by atoms with Gasteiger partial charge in [-0.15, -0.1) is 0 Å². The van der Waals surface area contributed by atoms with Crippen molar-refractivity contribution in [3.05, 3.63) is 12.2 Å². The molecule has 0 radical (unpaired) electrons. The van der Waals surface area contributed by atoms with Crippen LogP contribution in [0.1, 0.15) is 20.3 Å². The topological polar surface area (TPSA) is 26.3 Å². The van der Waals surface area contributed by atoms with E-state index in [-0.39, 0.29) is 5.97 Å². The lowest BCUT2D eigenvalue weighted by Gasteiger charge is -2.04. The second-order valence-corrected chi connectivity index (χ2v) is 2.69. The first-order valence-corrected chi connectivity index (χ1v) is 3.34. The van der Waals surface area contributed by atoms with Crippen molar-refractivity contribution in [1.29, 1.82) is 0 Å². The van der Waals surface area contributed by atoms with Crippen LogP contribution in [0.25, 0.3) is 0 Å². The summed E-state index contributed by atoms with van der Waals surface area (Å²) in [5, 5.41) is 0. The fourth-order valence-corrected chi connectivity index (χ4v) is 0.720. The lowest BCUT2D eigenvalue weighted by Crippen LogP contribution is -2.05. The summed E-state index contributed by atoms with van der Waals surface area (Å²) in [6.45, 7) is 7.66. The molecule has 0 fully saturated rings. The van der Waals surface area contributed by atoms with Gasteiger partial charge in [0.25, 0.3) is 0 Å². The molecule has 0 aliphatic rings. The van der Waals surface area contributed by atoms with Crippen molar-refractivity contribution < 1.29 is 9.53 Å². The molecule has 0 saturated heterocycles. The average molecular weight is 142 g/mol. The van der Waals surface area contributed by atoms with Crippen LogP contribution in [0.3, 0.4) is 0 Å². The molecule has 0 N–H and O–H groups in total. The molecule has 0 atom stereocenters. The maximum Gasteiger partial charge on any atom is 0.333 e. The Morgan fingerprint density at radius 1 is 1.60 bits per heavy atom. The minimum absolute atomic E-state index is 0.297. The van der Waals surface area contributed by atoms with Gasteiger partial charge in [-0.25, -0.2) is 4.79 Å². The summed E-state index contributed by atoms with van der Waals surface area (Å²) in [7, 11) is 1.37. The van der Waals surface area contributed by atoms with Gasteiger partial charge in [0.2, 0.25) is 0 Å². The molecule has 10 heavy (non-hydrogen) atoms. The summed E-state index contributed by atoms with van der Waals surface area (Å²) in [5.41, 5.74) is 0.553. The van der Waals surface area contributed by atoms with E-state index in [2.05, 4.69) is 11.3 Å². The van der Waals surface area contributed by atoms with Gasteiger partial charge in [-0.2, -0.15) is 0 Å². The molecule has 2 heteroatoms. The molecule has 0 spiro atoms. The molecular weight excluding hydrogens is 128 g/mol. The number of carbonyl (C=O) groups excluding carboxylic acids is 1. The highest BCUT2D eigenvalue weighted by atomic mass is 16.5. The normalized spacial score (nSPS) is 9.60. The first-order valence-electron chi connectivity index (χ1n) is 3.34. The van der Waals surface area contributed by atoms with Crippen LogP contribution >= 0.6 is 0 Å². The molecular formula is C8H14O2. The fraction of sp³-hybridized carbons (Fsp3) is 0.625. The predicted molar refractivity (Wildman–Crippen MR) is 40.6 cm³/mol. The van der Waals surface area contributed by atoms with E-state index in [0.29, 0.717) is 17.9 Å². The van der Waals surface area contributed by atoms with Crippen molar-refractivity contribution in [2.75, 3.05) is 7.11 Å². The van der Waals surface area contributed by atoms with E-state index in [0.717, 1.165) is 0 Å². The van der Waals surface area contributed by atoms with Crippen LogP contribution in [-0.2, 0) is 9.53 Å². The third-order valence-electron chi connectivity index (χ3n) is 1.13. The highest BCUT2D eigenvalue weighted by molar-refractivity contribution is 5.87. The van der Waals surface area contributed by atoms with Gasteiger partial charge in [-0.05, 0) is 12.3 Å². The Morgan fingerprint density at radius 2 is 2.10 bits per heavy atom. The second kappa shape index (κ2) is 4.09. The molecule has 58 valence electrons. The van der Waals surface area contributed by atoms with Crippen molar-refractivity contribution in [1.82, 2.24) is 0 Å². The minimum atomic E-state index is -0.297. The standard InChI is InChI=1S/C8H14O2/c1-6(2)5-7(3)8(9)10-4/h6H,3,5H2,1-2,4H3. The molecule has 0 aromatic rings. The number of esters is 1. The maximum absolute atomic E-state index is 10.7. The summed E-state index contributed by atoms with van der Waals surface area (Å²) < 4.78 is 4.47. The Balaban J connectivity index is 3.74. The third-order valence-corrected chi connectivity index (χ3v) is 1.13. The van der Waals surface area contributed by atoms with E-state index in [1.54, 1.807) is 0 Å². The van der Waals surface area contributed by atoms with Crippen molar-refractivity contribution in [2.24, 2.45) is 5.92 Å². The fourth-order valence-electron chi connectivity index (χ4n) is 0.720. The first-order chi connectivity index (χ1) is 4.57. The van der Waals surface area contributed by atoms with E-state index < -0.39 is 0 Å². The Morgan fingerprint density at radius 3 is 2.40 bits per heavy atom. The van der Waals surface area contributed by atoms with Crippen LogP contribution in [0, 0.1) is 5.92 Å². The summed E-state index contributed by atoms with van der Waals surface area (Å²) in [4.78, 5) is 10.7. The average Bonchev–Trinajstić information content (AvgIpc) is 1.85. The van der Waals surface area contributed by atoms with E-state index in [1.165, 1.54) is 7.11 Å². The van der Waals surface area contributed by atoms with Gasteiger partial charge in [0.05, 0.1) is 7.11 Å². The Bertz CT molecular complexity index is 136. The Kier molecular flexibility index (Phi) is 3.77. The van der Waals surface area contributed by atoms with Crippen LogP contribution in [0.2, 0.25) is 0 Å². The lowest BCUT2D eigenvalue weighted by molar-refractivity contribution is -0.136. The van der Waals surface area contributed by atoms with Crippen LogP contribution in [0.5, 0.6) is 0 Å². The van der Waals surface area contributed by atoms with Crippen molar-refractivity contribution in [3.63, 3.8) is 0 Å². The zero-order valence-corrected chi connectivity index (χ0v) is 6.81. The van der Waals surface area contributed by atoms with Gasteiger partial charge >= 0.3 is 5.97 Å². The van der Waals surface area contributed by atoms with Crippen LogP contribution in [0.4, 0.5) is 0 Å². The third kappa shape index (κ3) is 3.28. The molecule has 0 aliphatic heterocycles. The van der Waals surface area contributed by atoms with Crippen LogP contribution in [-0.4, -0.2) is 13.1 Å². The van der Waals surface area contributed by atoms with E-state index in [4.69, 9.17) is 0 Å². The second-order valence-electron chi connectivity index (χ2n) is 2.69. The van der Waals surface area contributed by atoms with Crippen molar-refractivity contribution in [3.8, 4) is 0 Å². The van der Waals surface area contributed by atoms with Crippen LogP contribution < -0.4 is 0 Å². The first kappa shape index (κ1) is 9.21. The van der Waals surface area contributed by atoms with Gasteiger partial charge in [0, 0.05) is 5.57 Å². The number of hydrogen-bond acceptors (Lipinski definition) is 2. The van der Waals surface area contributed by atoms with Crippen LogP contribution in [0.15, 0.2) is 12.2 Å². The molecule has 0 aromatic heterocycles.